The van der Waals surface area contributed by atoms with Crippen molar-refractivity contribution in [1.29, 1.82) is 0 Å². The van der Waals surface area contributed by atoms with E-state index in [0.717, 1.165) is 33.2 Å². The Morgan fingerprint density at radius 1 is 0.528 bits per heavy atom. The zero-order valence-electron chi connectivity index (χ0n) is 22.5. The Morgan fingerprint density at radius 2 is 1.03 bits per heavy atom. The van der Waals surface area contributed by atoms with Crippen molar-refractivity contribution in [2.75, 3.05) is 0 Å². The molecule has 0 saturated carbocycles. The molecular weight excluding hydrogens is 450 g/mol. The van der Waals surface area contributed by atoms with Crippen molar-refractivity contribution in [3.8, 4) is 16.9 Å². The number of ether oxygens (including phenoxy) is 1. The quantitative estimate of drug-likeness (QED) is 0.397. The lowest BCUT2D eigenvalue weighted by Crippen LogP contribution is -2.63. The van der Waals surface area contributed by atoms with E-state index in [1.54, 1.807) is 0 Å². The molecule has 0 aliphatic carbocycles. The van der Waals surface area contributed by atoms with E-state index >= 15 is 0 Å². The molecule has 2 saturated heterocycles. The lowest BCUT2D eigenvalue weighted by Gasteiger charge is -2.42. The zero-order valence-corrected chi connectivity index (χ0v) is 22.5. The summed E-state index contributed by atoms with van der Waals surface area (Å²) >= 11 is 0. The van der Waals surface area contributed by atoms with Crippen LogP contribution < -0.4 is 4.74 Å². The number of benzene rings is 3. The first-order valence-corrected chi connectivity index (χ1v) is 12.8. The fourth-order valence-electron chi connectivity index (χ4n) is 5.35. The first-order chi connectivity index (χ1) is 16.8. The Labute approximate surface area is 214 Å². The normalized spacial score (nSPS) is 24.3. The number of rotatable bonds is 2. The fourth-order valence-corrected chi connectivity index (χ4v) is 5.35. The van der Waals surface area contributed by atoms with Crippen LogP contribution in [0, 0.1) is 0 Å². The van der Waals surface area contributed by atoms with Crippen LogP contribution >= 0.6 is 0 Å². The highest BCUT2D eigenvalue weighted by Gasteiger charge is 2.73. The Morgan fingerprint density at radius 3 is 1.61 bits per heavy atom. The highest BCUT2D eigenvalue weighted by atomic mass is 16.7. The van der Waals surface area contributed by atoms with Gasteiger partial charge >= 0.3 is 14.2 Å². The topological polar surface area (TPSA) is 46.2 Å². The van der Waals surface area contributed by atoms with Crippen molar-refractivity contribution in [2.45, 2.75) is 83.2 Å². The Hall–Kier alpha value is -2.31. The van der Waals surface area contributed by atoms with Gasteiger partial charge in [0.25, 0.3) is 0 Å². The van der Waals surface area contributed by atoms with Gasteiger partial charge in [0.15, 0.2) is 0 Å². The van der Waals surface area contributed by atoms with E-state index < -0.39 is 42.0 Å². The van der Waals surface area contributed by atoms with Crippen molar-refractivity contribution >= 4 is 25.0 Å². The summed E-state index contributed by atoms with van der Waals surface area (Å²) in [5.41, 5.74) is 0.779. The first-order valence-electron chi connectivity index (χ1n) is 12.8. The van der Waals surface area contributed by atoms with Crippen LogP contribution in [0.5, 0.6) is 5.75 Å². The molecule has 3 aliphatic heterocycles. The third-order valence-electron chi connectivity index (χ3n) is 9.00. The molecule has 0 N–H and O–H groups in total. The summed E-state index contributed by atoms with van der Waals surface area (Å²) in [5.74, 6) is 0.788. The largest absolute Gasteiger partial charge is 0.507 e. The minimum atomic E-state index is -1.20. The molecule has 0 radical (unpaired) electrons. The molecule has 3 aromatic rings. The molecule has 5 nitrogen and oxygen atoms in total. The number of hydrogen-bond donors (Lipinski definition) is 0. The van der Waals surface area contributed by atoms with Gasteiger partial charge in [-0.25, -0.2) is 0 Å². The molecule has 3 heterocycles. The summed E-state index contributed by atoms with van der Waals surface area (Å²) in [6.45, 7) is 16.5. The summed E-state index contributed by atoms with van der Waals surface area (Å²) in [5, 5.41) is 0.929. The van der Waals surface area contributed by atoms with Gasteiger partial charge in [0.1, 0.15) is 5.75 Å². The average Bonchev–Trinajstić information content (AvgIpc) is 3.18. The maximum absolute atomic E-state index is 7.20. The van der Waals surface area contributed by atoms with Gasteiger partial charge in [0, 0.05) is 10.9 Å². The SMILES string of the molecule is CC1(C)OB(C2(B3OC(C)(C)C(C)(C)O3)Oc3c(ccc4ccccc34)-c3ccccc32)OC1(C)C. The van der Waals surface area contributed by atoms with Gasteiger partial charge in [0.05, 0.1) is 22.4 Å². The molecular formula is C29H34B2O5. The minimum absolute atomic E-state index is 0.564. The lowest BCUT2D eigenvalue weighted by atomic mass is 9.43. The second kappa shape index (κ2) is 7.38. The predicted octanol–water partition coefficient (Wildman–Crippen LogP) is 6.36. The highest BCUT2D eigenvalue weighted by Crippen LogP contribution is 2.56. The van der Waals surface area contributed by atoms with Crippen molar-refractivity contribution in [3.63, 3.8) is 0 Å². The molecule has 0 atom stereocenters. The zero-order chi connectivity index (χ0) is 25.7. The van der Waals surface area contributed by atoms with E-state index in [4.69, 9.17) is 23.4 Å². The van der Waals surface area contributed by atoms with E-state index in [-0.39, 0.29) is 0 Å². The molecule has 0 amide bonds. The molecule has 7 heteroatoms. The van der Waals surface area contributed by atoms with Crippen LogP contribution in [0.4, 0.5) is 0 Å². The van der Waals surface area contributed by atoms with Crippen molar-refractivity contribution in [1.82, 2.24) is 0 Å². The van der Waals surface area contributed by atoms with Gasteiger partial charge < -0.3 is 23.4 Å². The van der Waals surface area contributed by atoms with Crippen LogP contribution in [-0.4, -0.2) is 36.6 Å². The van der Waals surface area contributed by atoms with Crippen LogP contribution in [-0.2, 0) is 24.0 Å². The van der Waals surface area contributed by atoms with Gasteiger partial charge in [-0.05, 0) is 71.9 Å². The minimum Gasteiger partial charge on any atom is -0.485 e. The third kappa shape index (κ3) is 3.13. The van der Waals surface area contributed by atoms with Gasteiger partial charge in [-0.2, -0.15) is 0 Å². The van der Waals surface area contributed by atoms with Gasteiger partial charge in [-0.1, -0.05) is 60.7 Å². The molecule has 0 spiro atoms. The van der Waals surface area contributed by atoms with E-state index in [1.165, 1.54) is 0 Å². The molecule has 2 fully saturated rings. The molecule has 6 rings (SSSR count). The molecule has 0 bridgehead atoms. The average molecular weight is 484 g/mol. The second-order valence-corrected chi connectivity index (χ2v) is 12.3. The second-order valence-electron chi connectivity index (χ2n) is 12.3. The third-order valence-corrected chi connectivity index (χ3v) is 9.00. The van der Waals surface area contributed by atoms with Crippen LogP contribution in [0.3, 0.4) is 0 Å². The summed E-state index contributed by atoms with van der Waals surface area (Å²) in [6, 6.07) is 20.9. The van der Waals surface area contributed by atoms with Crippen molar-refractivity contribution in [2.24, 2.45) is 0 Å². The van der Waals surface area contributed by atoms with Gasteiger partial charge in [0.2, 0.25) is 5.40 Å². The lowest BCUT2D eigenvalue weighted by molar-refractivity contribution is 0.00578. The van der Waals surface area contributed by atoms with Crippen molar-refractivity contribution < 1.29 is 23.4 Å². The van der Waals surface area contributed by atoms with E-state index in [9.17, 15) is 0 Å². The van der Waals surface area contributed by atoms with Gasteiger partial charge in [-0.3, -0.25) is 0 Å². The molecule has 3 aliphatic rings. The van der Waals surface area contributed by atoms with Crippen LogP contribution in [0.1, 0.15) is 61.0 Å². The summed E-state index contributed by atoms with van der Waals surface area (Å²) in [6.07, 6.45) is 0. The van der Waals surface area contributed by atoms with Crippen molar-refractivity contribution in [3.05, 3.63) is 66.2 Å². The summed E-state index contributed by atoms with van der Waals surface area (Å²) < 4.78 is 34.1. The van der Waals surface area contributed by atoms with E-state index in [2.05, 4.69) is 97.9 Å². The number of hydrogen-bond acceptors (Lipinski definition) is 5. The molecule has 0 unspecified atom stereocenters. The first kappa shape index (κ1) is 24.1. The molecule has 36 heavy (non-hydrogen) atoms. The predicted molar refractivity (Wildman–Crippen MR) is 144 cm³/mol. The monoisotopic (exact) mass is 484 g/mol. The number of fused-ring (bicyclic) bond motifs is 5. The maximum Gasteiger partial charge on any atom is 0.507 e. The fraction of sp³-hybridized carbons (Fsp3) is 0.448. The smallest absolute Gasteiger partial charge is 0.485 e. The summed E-state index contributed by atoms with van der Waals surface area (Å²) in [7, 11) is -1.55. The molecule has 0 aromatic heterocycles. The maximum atomic E-state index is 7.20. The van der Waals surface area contributed by atoms with Crippen LogP contribution in [0.25, 0.3) is 21.9 Å². The Balaban J connectivity index is 1.64. The van der Waals surface area contributed by atoms with Crippen LogP contribution in [0.15, 0.2) is 60.7 Å². The van der Waals surface area contributed by atoms with E-state index in [0.29, 0.717) is 0 Å². The van der Waals surface area contributed by atoms with Crippen LogP contribution in [0.2, 0.25) is 0 Å². The molecule has 3 aromatic carbocycles. The summed E-state index contributed by atoms with van der Waals surface area (Å²) in [4.78, 5) is 0. The van der Waals surface area contributed by atoms with E-state index in [1.807, 2.05) is 18.2 Å². The Kier molecular flexibility index (Phi) is 4.93. The Bertz CT molecular complexity index is 1290. The van der Waals surface area contributed by atoms with Gasteiger partial charge in [-0.15, -0.1) is 0 Å². The standard InChI is InChI=1S/C29H34B2O5/c1-25(2)26(3,4)34-30(33-25)29(31-35-27(5,6)28(7,8)36-31)23-16-12-11-15-21(23)22-18-17-19-13-9-10-14-20(19)24(22)32-29/h9-18H,1-8H3. The molecule has 186 valence electrons. The highest BCUT2D eigenvalue weighted by molar-refractivity contribution is 6.71.